The Kier molecular flexibility index (Phi) is 4.53. The van der Waals surface area contributed by atoms with Crippen molar-refractivity contribution >= 4 is 11.9 Å². The summed E-state index contributed by atoms with van der Waals surface area (Å²) in [5.41, 5.74) is 1.07. The molecular formula is C10H15N3O3. The van der Waals surface area contributed by atoms with Crippen molar-refractivity contribution < 1.29 is 14.7 Å². The van der Waals surface area contributed by atoms with Crippen LogP contribution in [-0.2, 0) is 16.0 Å². The van der Waals surface area contributed by atoms with Crippen molar-refractivity contribution in [2.75, 3.05) is 13.6 Å². The maximum absolute atomic E-state index is 11.4. The van der Waals surface area contributed by atoms with Crippen LogP contribution in [-0.4, -0.2) is 41.6 Å². The van der Waals surface area contributed by atoms with Gasteiger partial charge in [0.15, 0.2) is 6.04 Å². The van der Waals surface area contributed by atoms with Crippen molar-refractivity contribution in [2.45, 2.75) is 12.5 Å². The van der Waals surface area contributed by atoms with Crippen molar-refractivity contribution in [3.05, 3.63) is 24.0 Å². The fraction of sp³-hybridized carbons (Fsp3) is 0.400. The molecule has 0 aliphatic heterocycles. The third kappa shape index (κ3) is 3.39. The SMILES string of the molecule is CNC(C(=O)O)C(=O)NCCc1cc[nH]c1. The number of rotatable bonds is 6. The Bertz CT molecular complexity index is 348. The van der Waals surface area contributed by atoms with Crippen molar-refractivity contribution in [1.82, 2.24) is 15.6 Å². The molecule has 0 saturated carbocycles. The number of aliphatic carboxylic acids is 1. The molecule has 1 aromatic rings. The third-order valence-corrected chi connectivity index (χ3v) is 2.17. The summed E-state index contributed by atoms with van der Waals surface area (Å²) in [6.45, 7) is 0.419. The van der Waals surface area contributed by atoms with E-state index in [1.165, 1.54) is 7.05 Å². The van der Waals surface area contributed by atoms with Crippen molar-refractivity contribution in [1.29, 1.82) is 0 Å². The van der Waals surface area contributed by atoms with Crippen LogP contribution in [0.25, 0.3) is 0 Å². The number of likely N-dealkylation sites (N-methyl/N-ethyl adjacent to an activating group) is 1. The van der Waals surface area contributed by atoms with E-state index < -0.39 is 17.9 Å². The molecule has 1 amide bonds. The van der Waals surface area contributed by atoms with Crippen LogP contribution in [0, 0.1) is 0 Å². The molecule has 0 aliphatic rings. The zero-order chi connectivity index (χ0) is 12.0. The van der Waals surface area contributed by atoms with Crippen LogP contribution in [0.3, 0.4) is 0 Å². The fourth-order valence-electron chi connectivity index (χ4n) is 1.31. The summed E-state index contributed by atoms with van der Waals surface area (Å²) >= 11 is 0. The average molecular weight is 225 g/mol. The van der Waals surface area contributed by atoms with Crippen LogP contribution in [0.15, 0.2) is 18.5 Å². The Morgan fingerprint density at radius 3 is 2.81 bits per heavy atom. The lowest BCUT2D eigenvalue weighted by atomic mass is 10.2. The summed E-state index contributed by atoms with van der Waals surface area (Å²) in [7, 11) is 1.44. The first kappa shape index (κ1) is 12.3. The van der Waals surface area contributed by atoms with Crippen LogP contribution in [0.1, 0.15) is 5.56 Å². The summed E-state index contributed by atoms with van der Waals surface area (Å²) in [4.78, 5) is 24.9. The molecule has 1 atom stereocenters. The highest BCUT2D eigenvalue weighted by Gasteiger charge is 2.23. The van der Waals surface area contributed by atoms with E-state index in [0.29, 0.717) is 13.0 Å². The smallest absolute Gasteiger partial charge is 0.330 e. The zero-order valence-corrected chi connectivity index (χ0v) is 8.99. The second-order valence-corrected chi connectivity index (χ2v) is 3.32. The number of aromatic amines is 1. The number of amides is 1. The third-order valence-electron chi connectivity index (χ3n) is 2.17. The first-order chi connectivity index (χ1) is 7.65. The molecule has 0 fully saturated rings. The fourth-order valence-corrected chi connectivity index (χ4v) is 1.31. The van der Waals surface area contributed by atoms with Gasteiger partial charge in [-0.2, -0.15) is 0 Å². The topological polar surface area (TPSA) is 94.2 Å². The van der Waals surface area contributed by atoms with Gasteiger partial charge in [-0.3, -0.25) is 10.1 Å². The summed E-state index contributed by atoms with van der Waals surface area (Å²) in [5.74, 6) is -1.70. The first-order valence-electron chi connectivity index (χ1n) is 4.94. The molecule has 6 heteroatoms. The molecule has 0 bridgehead atoms. The predicted octanol–water partition coefficient (Wildman–Crippen LogP) is -0.654. The van der Waals surface area contributed by atoms with Gasteiger partial charge >= 0.3 is 5.97 Å². The summed E-state index contributed by atoms with van der Waals surface area (Å²) in [5, 5.41) is 13.7. The van der Waals surface area contributed by atoms with E-state index in [0.717, 1.165) is 5.56 Å². The molecule has 16 heavy (non-hydrogen) atoms. The molecule has 1 heterocycles. The summed E-state index contributed by atoms with van der Waals surface area (Å²) in [6, 6.07) is 0.713. The number of carboxylic acid groups (broad SMARTS) is 1. The Balaban J connectivity index is 2.32. The highest BCUT2D eigenvalue weighted by atomic mass is 16.4. The molecule has 0 saturated heterocycles. The highest BCUT2D eigenvalue weighted by Crippen LogP contribution is 1.96. The number of carboxylic acids is 1. The number of carbonyl (C=O) groups is 2. The average Bonchev–Trinajstić information content (AvgIpc) is 2.71. The molecule has 0 aromatic carbocycles. The largest absolute Gasteiger partial charge is 0.480 e. The molecule has 88 valence electrons. The standard InChI is InChI=1S/C10H15N3O3/c1-11-8(10(15)16)9(14)13-5-3-7-2-4-12-6-7/h2,4,6,8,11-12H,3,5H2,1H3,(H,13,14)(H,15,16). The number of aromatic nitrogens is 1. The molecule has 1 unspecified atom stereocenters. The molecule has 6 nitrogen and oxygen atoms in total. The molecular weight excluding hydrogens is 210 g/mol. The van der Waals surface area contributed by atoms with Crippen LogP contribution >= 0.6 is 0 Å². The number of hydrogen-bond acceptors (Lipinski definition) is 3. The Morgan fingerprint density at radius 1 is 1.56 bits per heavy atom. The van der Waals surface area contributed by atoms with Gasteiger partial charge in [-0.15, -0.1) is 0 Å². The van der Waals surface area contributed by atoms with Gasteiger partial charge in [-0.25, -0.2) is 4.79 Å². The minimum Gasteiger partial charge on any atom is -0.480 e. The van der Waals surface area contributed by atoms with Gasteiger partial charge in [0.05, 0.1) is 0 Å². The maximum atomic E-state index is 11.4. The van der Waals surface area contributed by atoms with Gasteiger partial charge in [-0.05, 0) is 25.1 Å². The summed E-state index contributed by atoms with van der Waals surface area (Å²) < 4.78 is 0. The minimum atomic E-state index is -1.19. The second kappa shape index (κ2) is 5.92. The van der Waals surface area contributed by atoms with E-state index in [9.17, 15) is 9.59 Å². The summed E-state index contributed by atoms with van der Waals surface area (Å²) in [6.07, 6.45) is 4.30. The Hall–Kier alpha value is -1.82. The number of nitrogens with one attached hydrogen (secondary N) is 3. The first-order valence-corrected chi connectivity index (χ1v) is 4.94. The van der Waals surface area contributed by atoms with E-state index in [-0.39, 0.29) is 0 Å². The van der Waals surface area contributed by atoms with E-state index in [1.807, 2.05) is 12.3 Å². The van der Waals surface area contributed by atoms with Crippen molar-refractivity contribution in [3.8, 4) is 0 Å². The highest BCUT2D eigenvalue weighted by molar-refractivity contribution is 6.01. The van der Waals surface area contributed by atoms with Crippen LogP contribution in [0.5, 0.6) is 0 Å². The molecule has 0 aliphatic carbocycles. The molecule has 0 spiro atoms. The quantitative estimate of drug-likeness (QED) is 0.484. The van der Waals surface area contributed by atoms with Gasteiger partial charge in [-0.1, -0.05) is 0 Å². The van der Waals surface area contributed by atoms with Crippen LogP contribution in [0.4, 0.5) is 0 Å². The van der Waals surface area contributed by atoms with Gasteiger partial charge in [0, 0.05) is 18.9 Å². The Morgan fingerprint density at radius 2 is 2.31 bits per heavy atom. The van der Waals surface area contributed by atoms with E-state index in [4.69, 9.17) is 5.11 Å². The van der Waals surface area contributed by atoms with Crippen LogP contribution in [0.2, 0.25) is 0 Å². The van der Waals surface area contributed by atoms with Crippen LogP contribution < -0.4 is 10.6 Å². The normalized spacial score (nSPS) is 12.1. The zero-order valence-electron chi connectivity index (χ0n) is 8.99. The lowest BCUT2D eigenvalue weighted by Gasteiger charge is -2.11. The lowest BCUT2D eigenvalue weighted by Crippen LogP contribution is -2.48. The number of hydrogen-bond donors (Lipinski definition) is 4. The van der Waals surface area contributed by atoms with E-state index in [2.05, 4.69) is 15.6 Å². The molecule has 0 radical (unpaired) electrons. The van der Waals surface area contributed by atoms with Gasteiger partial charge < -0.3 is 15.4 Å². The predicted molar refractivity (Wildman–Crippen MR) is 58.0 cm³/mol. The lowest BCUT2D eigenvalue weighted by molar-refractivity contribution is -0.143. The minimum absolute atomic E-state index is 0.419. The van der Waals surface area contributed by atoms with Gasteiger partial charge in [0.25, 0.3) is 0 Å². The molecule has 1 rings (SSSR count). The maximum Gasteiger partial charge on any atom is 0.330 e. The van der Waals surface area contributed by atoms with Crippen molar-refractivity contribution in [2.24, 2.45) is 0 Å². The monoisotopic (exact) mass is 225 g/mol. The van der Waals surface area contributed by atoms with Crippen molar-refractivity contribution in [3.63, 3.8) is 0 Å². The molecule has 4 N–H and O–H groups in total. The van der Waals surface area contributed by atoms with E-state index in [1.54, 1.807) is 6.20 Å². The van der Waals surface area contributed by atoms with Gasteiger partial charge in [0.1, 0.15) is 0 Å². The molecule has 1 aromatic heterocycles. The Labute approximate surface area is 93.0 Å². The van der Waals surface area contributed by atoms with E-state index >= 15 is 0 Å². The number of H-pyrrole nitrogens is 1. The second-order valence-electron chi connectivity index (χ2n) is 3.32. The number of carbonyl (C=O) groups excluding carboxylic acids is 1. The van der Waals surface area contributed by atoms with Gasteiger partial charge in [0.2, 0.25) is 5.91 Å².